The summed E-state index contributed by atoms with van der Waals surface area (Å²) in [6.45, 7) is 4.30. The monoisotopic (exact) mass is 443 g/mol. The Hall–Kier alpha value is -3.31. The van der Waals surface area contributed by atoms with Gasteiger partial charge in [-0.25, -0.2) is 9.59 Å². The highest BCUT2D eigenvalue weighted by atomic mass is 16.5. The number of unbranched alkanes of at least 4 members (excludes halogenated alkanes) is 2. The predicted molar refractivity (Wildman–Crippen MR) is 104 cm³/mol. The van der Waals surface area contributed by atoms with Gasteiger partial charge in [-0.15, -0.1) is 5.10 Å². The van der Waals surface area contributed by atoms with E-state index in [1.165, 1.54) is 0 Å². The van der Waals surface area contributed by atoms with Crippen LogP contribution in [0.1, 0.15) is 51.1 Å². The zero-order valence-corrected chi connectivity index (χ0v) is 17.4. The lowest BCUT2D eigenvalue weighted by atomic mass is 10.1. The lowest BCUT2D eigenvalue weighted by Crippen LogP contribution is -2.46. The molecule has 174 valence electrons. The van der Waals surface area contributed by atoms with Gasteiger partial charge in [0.05, 0.1) is 12.8 Å². The number of ether oxygens (including phenoxy) is 1. The van der Waals surface area contributed by atoms with Gasteiger partial charge in [0.1, 0.15) is 11.7 Å². The molecule has 1 rings (SSSR count). The highest BCUT2D eigenvalue weighted by molar-refractivity contribution is 5.82. The molecule has 4 N–H and O–H groups in total. The lowest BCUT2D eigenvalue weighted by molar-refractivity contribution is -0.191. The van der Waals surface area contributed by atoms with E-state index in [0.717, 1.165) is 31.4 Å². The first-order chi connectivity index (χ1) is 14.8. The van der Waals surface area contributed by atoms with Gasteiger partial charge < -0.3 is 25.6 Å². The largest absolute Gasteiger partial charge is 0.481 e. The van der Waals surface area contributed by atoms with Gasteiger partial charge in [-0.2, -0.15) is 9.59 Å². The number of carbonyl (C=O) groups is 3. The first kappa shape index (κ1) is 27.7. The van der Waals surface area contributed by atoms with E-state index in [2.05, 4.69) is 20.9 Å². The third-order valence-corrected chi connectivity index (χ3v) is 3.78. The van der Waals surface area contributed by atoms with E-state index in [4.69, 9.17) is 24.5 Å². The Balaban J connectivity index is 0.00000282. The third kappa shape index (κ3) is 15.2. The number of amides is 2. The molecule has 0 aliphatic heterocycles. The van der Waals surface area contributed by atoms with Crippen molar-refractivity contribution in [3.8, 4) is 0 Å². The van der Waals surface area contributed by atoms with Crippen molar-refractivity contribution < 1.29 is 38.9 Å². The predicted octanol–water partition coefficient (Wildman–Crippen LogP) is 0.409. The van der Waals surface area contributed by atoms with E-state index >= 15 is 0 Å². The number of hydrogen-bond acceptors (Lipinski definition) is 8. The van der Waals surface area contributed by atoms with Crippen LogP contribution in [0.2, 0.25) is 0 Å². The Kier molecular flexibility index (Phi) is 15.7. The van der Waals surface area contributed by atoms with Crippen LogP contribution in [-0.4, -0.2) is 68.5 Å². The van der Waals surface area contributed by atoms with Gasteiger partial charge >= 0.3 is 24.1 Å². The van der Waals surface area contributed by atoms with Gasteiger partial charge in [-0.05, 0) is 32.1 Å². The van der Waals surface area contributed by atoms with Crippen LogP contribution in [-0.2, 0) is 37.1 Å². The van der Waals surface area contributed by atoms with Crippen LogP contribution < -0.4 is 10.6 Å². The molecule has 0 aromatic carbocycles. The molecule has 13 heteroatoms. The maximum atomic E-state index is 11.7. The molecule has 0 aliphatic carbocycles. The fourth-order valence-electron chi connectivity index (χ4n) is 2.35. The van der Waals surface area contributed by atoms with Crippen LogP contribution in [0.5, 0.6) is 0 Å². The number of aromatic nitrogens is 3. The number of carboxylic acids is 2. The number of hydrogen-bond donors (Lipinski definition) is 4. The first-order valence-corrected chi connectivity index (χ1v) is 9.79. The Bertz CT molecular complexity index is 703. The summed E-state index contributed by atoms with van der Waals surface area (Å²) in [6, 6.07) is -1.84. The second kappa shape index (κ2) is 17.5. The Labute approximate surface area is 179 Å². The van der Waals surface area contributed by atoms with Gasteiger partial charge in [0.25, 0.3) is 0 Å². The maximum Gasteiger partial charge on any atom is 0.373 e. The average molecular weight is 443 g/mol. The summed E-state index contributed by atoms with van der Waals surface area (Å²) in [5.74, 6) is -2.37. The summed E-state index contributed by atoms with van der Waals surface area (Å²) in [5.41, 5.74) is 0.794. The van der Waals surface area contributed by atoms with Crippen LogP contribution in [0.4, 0.5) is 4.79 Å². The van der Waals surface area contributed by atoms with Gasteiger partial charge in [0, 0.05) is 26.1 Å². The number of urea groups is 1. The Morgan fingerprint density at radius 2 is 1.94 bits per heavy atom. The zero-order chi connectivity index (χ0) is 23.5. The number of nitrogens with zero attached hydrogens (tertiary/aromatic N) is 3. The highest BCUT2D eigenvalue weighted by Crippen LogP contribution is 2.01. The van der Waals surface area contributed by atoms with Crippen molar-refractivity contribution in [2.45, 2.75) is 64.6 Å². The molecule has 0 spiro atoms. The summed E-state index contributed by atoms with van der Waals surface area (Å²) < 4.78 is 7.16. The Morgan fingerprint density at radius 1 is 1.23 bits per heavy atom. The van der Waals surface area contributed by atoms with Gasteiger partial charge in [0.2, 0.25) is 0 Å². The molecule has 1 aromatic rings. The van der Waals surface area contributed by atoms with Gasteiger partial charge in [0.15, 0.2) is 0 Å². The summed E-state index contributed by atoms with van der Waals surface area (Å²) in [7, 11) is 0. The van der Waals surface area contributed by atoms with Crippen molar-refractivity contribution in [1.82, 2.24) is 25.6 Å². The fourth-order valence-corrected chi connectivity index (χ4v) is 2.35. The minimum Gasteiger partial charge on any atom is -0.481 e. The lowest BCUT2D eigenvalue weighted by Gasteiger charge is -2.14. The molecule has 1 aromatic heterocycles. The molecule has 0 aliphatic rings. The molecule has 31 heavy (non-hydrogen) atoms. The number of carbonyl (C=O) groups excluding carboxylic acids is 3. The first-order valence-electron chi connectivity index (χ1n) is 9.79. The number of carboxylic acid groups (broad SMARTS) is 2. The molecule has 1 heterocycles. The average Bonchev–Trinajstić information content (AvgIpc) is 3.16. The van der Waals surface area contributed by atoms with Crippen molar-refractivity contribution in [2.24, 2.45) is 0 Å². The summed E-state index contributed by atoms with van der Waals surface area (Å²) >= 11 is 0. The van der Waals surface area contributed by atoms with Crippen molar-refractivity contribution in [3.63, 3.8) is 0 Å². The standard InChI is InChI=1S/C17H29N5O6.CO2/c1-2-10-28-12-13-11-22(21-20-13)9-5-3-4-8-18-17(27)19-14(16(25)26)6-7-15(23)24;2-1-3/h11,14H,2-10,12H2,1H3,(H,23,24)(H,25,26)(H2,18,19,27);/t14-;/m0./s1. The molecular weight excluding hydrogens is 414 g/mol. The summed E-state index contributed by atoms with van der Waals surface area (Å²) in [6.07, 6.45) is 5.00. The van der Waals surface area contributed by atoms with Crippen LogP contribution >= 0.6 is 0 Å². The van der Waals surface area contributed by atoms with Gasteiger partial charge in [-0.3, -0.25) is 9.48 Å². The molecule has 0 radical (unpaired) electrons. The molecule has 0 unspecified atom stereocenters. The summed E-state index contributed by atoms with van der Waals surface area (Å²) in [4.78, 5) is 49.5. The zero-order valence-electron chi connectivity index (χ0n) is 17.4. The van der Waals surface area contributed by atoms with E-state index in [0.29, 0.717) is 26.3 Å². The maximum absolute atomic E-state index is 11.7. The number of rotatable bonds is 15. The molecule has 1 atom stereocenters. The normalized spacial score (nSPS) is 10.9. The topological polar surface area (TPSA) is 190 Å². The SMILES string of the molecule is CCCOCc1cn(CCCCCNC(=O)N[C@@H](CCC(=O)O)C(=O)O)nn1.O=C=O. The van der Waals surface area contributed by atoms with Crippen LogP contribution in [0.3, 0.4) is 0 Å². The smallest absolute Gasteiger partial charge is 0.373 e. The second-order valence-electron chi connectivity index (χ2n) is 6.39. The third-order valence-electron chi connectivity index (χ3n) is 3.78. The van der Waals surface area contributed by atoms with E-state index < -0.39 is 24.0 Å². The van der Waals surface area contributed by atoms with Crippen LogP contribution in [0.25, 0.3) is 0 Å². The van der Waals surface area contributed by atoms with Gasteiger partial charge in [-0.1, -0.05) is 12.1 Å². The molecule has 0 saturated carbocycles. The van der Waals surface area contributed by atoms with Crippen LogP contribution in [0, 0.1) is 0 Å². The highest BCUT2D eigenvalue weighted by Gasteiger charge is 2.20. The quantitative estimate of drug-likeness (QED) is 0.276. The van der Waals surface area contributed by atoms with Crippen molar-refractivity contribution in [2.75, 3.05) is 13.2 Å². The Morgan fingerprint density at radius 3 is 2.55 bits per heavy atom. The molecule has 0 fully saturated rings. The number of aliphatic carboxylic acids is 2. The summed E-state index contributed by atoms with van der Waals surface area (Å²) in [5, 5.41) is 30.5. The van der Waals surface area contributed by atoms with Crippen molar-refractivity contribution in [3.05, 3.63) is 11.9 Å². The van der Waals surface area contributed by atoms with E-state index in [-0.39, 0.29) is 19.0 Å². The number of nitrogens with one attached hydrogen (secondary N) is 2. The number of aryl methyl sites for hydroxylation is 1. The molecule has 0 bridgehead atoms. The van der Waals surface area contributed by atoms with E-state index in [1.807, 2.05) is 13.1 Å². The van der Waals surface area contributed by atoms with Crippen molar-refractivity contribution in [1.29, 1.82) is 0 Å². The molecule has 0 saturated heterocycles. The van der Waals surface area contributed by atoms with Crippen molar-refractivity contribution >= 4 is 24.1 Å². The fraction of sp³-hybridized carbons (Fsp3) is 0.667. The molecular formula is C18H29N5O8. The second-order valence-corrected chi connectivity index (χ2v) is 6.39. The minimum atomic E-state index is -1.26. The molecule has 13 nitrogen and oxygen atoms in total. The molecule has 2 amide bonds. The van der Waals surface area contributed by atoms with E-state index in [9.17, 15) is 14.4 Å². The van der Waals surface area contributed by atoms with E-state index in [1.54, 1.807) is 4.68 Å². The van der Waals surface area contributed by atoms with Crippen LogP contribution in [0.15, 0.2) is 6.20 Å². The minimum absolute atomic E-state index is 0.165.